The molecular formula is C30H27FN6O2. The van der Waals surface area contributed by atoms with E-state index in [2.05, 4.69) is 26.9 Å². The van der Waals surface area contributed by atoms with Gasteiger partial charge in [-0.3, -0.25) is 9.69 Å². The Labute approximate surface area is 225 Å². The van der Waals surface area contributed by atoms with Crippen molar-refractivity contribution in [2.24, 2.45) is 7.05 Å². The highest BCUT2D eigenvalue weighted by molar-refractivity contribution is 5.89. The largest absolute Gasteiger partial charge is 0.395 e. The van der Waals surface area contributed by atoms with Crippen LogP contribution in [0.25, 0.3) is 11.0 Å². The summed E-state index contributed by atoms with van der Waals surface area (Å²) in [6, 6.07) is 21.9. The van der Waals surface area contributed by atoms with Crippen molar-refractivity contribution in [2.45, 2.75) is 25.0 Å². The minimum atomic E-state index is -0.342. The van der Waals surface area contributed by atoms with Crippen molar-refractivity contribution < 1.29 is 9.50 Å². The third kappa shape index (κ3) is 4.86. The van der Waals surface area contributed by atoms with E-state index in [4.69, 9.17) is 0 Å². The number of halogens is 1. The highest BCUT2D eigenvalue weighted by Gasteiger charge is 2.37. The molecule has 1 unspecified atom stereocenters. The molecule has 0 saturated carbocycles. The Morgan fingerprint density at radius 2 is 1.69 bits per heavy atom. The molecule has 0 spiro atoms. The lowest BCUT2D eigenvalue weighted by molar-refractivity contribution is 0.0727. The third-order valence-corrected chi connectivity index (χ3v) is 7.46. The van der Waals surface area contributed by atoms with Gasteiger partial charge >= 0.3 is 0 Å². The lowest BCUT2D eigenvalue weighted by Gasteiger charge is -2.49. The summed E-state index contributed by atoms with van der Waals surface area (Å²) in [7, 11) is 1.67. The number of benzene rings is 2. The van der Waals surface area contributed by atoms with E-state index < -0.39 is 0 Å². The van der Waals surface area contributed by atoms with Crippen LogP contribution in [0.3, 0.4) is 0 Å². The highest BCUT2D eigenvalue weighted by Crippen LogP contribution is 2.36. The van der Waals surface area contributed by atoms with Crippen molar-refractivity contribution in [3.05, 3.63) is 105 Å². The number of hydrogen-bond acceptors (Lipinski definition) is 7. The van der Waals surface area contributed by atoms with Gasteiger partial charge in [-0.1, -0.05) is 24.3 Å². The van der Waals surface area contributed by atoms with Gasteiger partial charge in [0, 0.05) is 32.2 Å². The van der Waals surface area contributed by atoms with Gasteiger partial charge in [0.15, 0.2) is 0 Å². The summed E-state index contributed by atoms with van der Waals surface area (Å²) in [5.74, 6) is -0.337. The van der Waals surface area contributed by atoms with Crippen LogP contribution in [-0.2, 0) is 7.05 Å². The first-order valence-electron chi connectivity index (χ1n) is 12.6. The van der Waals surface area contributed by atoms with Crippen molar-refractivity contribution in [3.63, 3.8) is 0 Å². The van der Waals surface area contributed by atoms with Crippen LogP contribution in [-0.4, -0.2) is 51.3 Å². The van der Waals surface area contributed by atoms with E-state index in [0.29, 0.717) is 35.4 Å². The second-order valence-electron chi connectivity index (χ2n) is 9.83. The van der Waals surface area contributed by atoms with E-state index in [0.717, 1.165) is 11.1 Å². The Balaban J connectivity index is 1.58. The number of pyridine rings is 2. The van der Waals surface area contributed by atoms with Crippen LogP contribution >= 0.6 is 0 Å². The minimum absolute atomic E-state index is 0.100. The normalized spacial score (nSPS) is 18.5. The fraction of sp³-hybridized carbons (Fsp3) is 0.267. The number of nitriles is 2. The lowest BCUT2D eigenvalue weighted by Crippen LogP contribution is -2.60. The van der Waals surface area contributed by atoms with Crippen LogP contribution in [0, 0.1) is 28.5 Å². The summed E-state index contributed by atoms with van der Waals surface area (Å²) in [6.07, 6.45) is 0. The molecule has 39 heavy (non-hydrogen) atoms. The van der Waals surface area contributed by atoms with Crippen molar-refractivity contribution in [3.8, 4) is 12.1 Å². The predicted octanol–water partition coefficient (Wildman–Crippen LogP) is 3.48. The molecule has 8 nitrogen and oxygen atoms in total. The third-order valence-electron chi connectivity index (χ3n) is 7.46. The molecular weight excluding hydrogens is 495 g/mol. The van der Waals surface area contributed by atoms with E-state index in [-0.39, 0.29) is 41.8 Å². The SMILES string of the molecule is C[C@@H]1CN(C(c2ccc(F)cc2)c2ccc(C#N)cc2)[C@@H](CO)CN1c1cc(=O)n(C)c2ccc(C#N)nc12. The predicted molar refractivity (Wildman–Crippen MR) is 145 cm³/mol. The molecule has 0 radical (unpaired) electrons. The Kier molecular flexibility index (Phi) is 7.12. The molecule has 3 atom stereocenters. The quantitative estimate of drug-likeness (QED) is 0.427. The molecule has 9 heteroatoms. The number of nitrogens with zero attached hydrogens (tertiary/aromatic N) is 6. The van der Waals surface area contributed by atoms with Crippen molar-refractivity contribution in [2.75, 3.05) is 24.6 Å². The van der Waals surface area contributed by atoms with Gasteiger partial charge in [0.25, 0.3) is 5.56 Å². The molecule has 2 aromatic heterocycles. The maximum atomic E-state index is 13.8. The molecule has 2 aromatic carbocycles. The Morgan fingerprint density at radius 1 is 1.03 bits per heavy atom. The Morgan fingerprint density at radius 3 is 2.31 bits per heavy atom. The smallest absolute Gasteiger partial charge is 0.252 e. The summed E-state index contributed by atoms with van der Waals surface area (Å²) in [4.78, 5) is 21.6. The van der Waals surface area contributed by atoms with Crippen LogP contribution < -0.4 is 10.5 Å². The van der Waals surface area contributed by atoms with Gasteiger partial charge in [0.05, 0.1) is 41.5 Å². The Hall–Kier alpha value is -4.57. The van der Waals surface area contributed by atoms with Crippen molar-refractivity contribution >= 4 is 16.7 Å². The zero-order valence-electron chi connectivity index (χ0n) is 21.6. The van der Waals surface area contributed by atoms with E-state index in [1.165, 1.54) is 22.8 Å². The molecule has 0 bridgehead atoms. The van der Waals surface area contributed by atoms with E-state index >= 15 is 0 Å². The summed E-state index contributed by atoms with van der Waals surface area (Å²) >= 11 is 0. The van der Waals surface area contributed by atoms with Gasteiger partial charge in [-0.25, -0.2) is 9.37 Å². The van der Waals surface area contributed by atoms with Gasteiger partial charge in [-0.2, -0.15) is 10.5 Å². The average molecular weight is 523 g/mol. The zero-order valence-corrected chi connectivity index (χ0v) is 21.6. The topological polar surface area (TPSA) is 109 Å². The number of aromatic nitrogens is 2. The first-order valence-corrected chi connectivity index (χ1v) is 12.6. The number of anilines is 1. The van der Waals surface area contributed by atoms with Gasteiger partial charge in [0.1, 0.15) is 23.1 Å². The number of rotatable bonds is 5. The lowest BCUT2D eigenvalue weighted by atomic mass is 9.92. The molecule has 0 aliphatic carbocycles. The number of aryl methyl sites for hydroxylation is 1. The fourth-order valence-electron chi connectivity index (χ4n) is 5.43. The Bertz CT molecular complexity index is 1650. The number of hydrogen-bond donors (Lipinski definition) is 1. The van der Waals surface area contributed by atoms with Crippen LogP contribution in [0.15, 0.2) is 71.5 Å². The van der Waals surface area contributed by atoms with Gasteiger partial charge in [-0.05, 0) is 54.4 Å². The molecule has 1 aliphatic rings. The number of aliphatic hydroxyl groups excluding tert-OH is 1. The second kappa shape index (κ2) is 10.7. The molecule has 196 valence electrons. The van der Waals surface area contributed by atoms with E-state index in [1.54, 1.807) is 43.4 Å². The zero-order chi connectivity index (χ0) is 27.7. The van der Waals surface area contributed by atoms with Crippen LogP contribution in [0.5, 0.6) is 0 Å². The molecule has 0 amide bonds. The van der Waals surface area contributed by atoms with Crippen molar-refractivity contribution in [1.29, 1.82) is 10.5 Å². The average Bonchev–Trinajstić information content (AvgIpc) is 2.96. The molecule has 5 rings (SSSR count). The van der Waals surface area contributed by atoms with E-state index in [1.807, 2.05) is 19.1 Å². The summed E-state index contributed by atoms with van der Waals surface area (Å²) in [5, 5.41) is 29.3. The maximum absolute atomic E-state index is 13.8. The van der Waals surface area contributed by atoms with Crippen LogP contribution in [0.4, 0.5) is 10.1 Å². The monoisotopic (exact) mass is 522 g/mol. The molecule has 1 N–H and O–H groups in total. The highest BCUT2D eigenvalue weighted by atomic mass is 19.1. The summed E-state index contributed by atoms with van der Waals surface area (Å²) in [5.41, 5.74) is 4.16. The standard InChI is InChI=1S/C30H27FN6O2/c1-19-16-37(30(22-7-9-23(31)10-8-22)21-5-3-20(14-32)4-6-21)25(18-38)17-36(19)27-13-28(39)35(2)26-12-11-24(15-33)34-29(26)27/h3-13,19,25,30,38H,16-18H2,1-2H3/t19-,25-,30?/m1/s1. The minimum Gasteiger partial charge on any atom is -0.395 e. The fourth-order valence-corrected chi connectivity index (χ4v) is 5.43. The second-order valence-corrected chi connectivity index (χ2v) is 9.83. The molecule has 3 heterocycles. The molecule has 1 aliphatic heterocycles. The van der Waals surface area contributed by atoms with Gasteiger partial charge < -0.3 is 14.6 Å². The maximum Gasteiger partial charge on any atom is 0.252 e. The molecule has 1 fully saturated rings. The first kappa shape index (κ1) is 26.1. The van der Waals surface area contributed by atoms with Gasteiger partial charge in [0.2, 0.25) is 0 Å². The van der Waals surface area contributed by atoms with Crippen molar-refractivity contribution in [1.82, 2.24) is 14.5 Å². The van der Waals surface area contributed by atoms with Crippen LogP contribution in [0.1, 0.15) is 35.3 Å². The van der Waals surface area contributed by atoms with Crippen LogP contribution in [0.2, 0.25) is 0 Å². The number of fused-ring (bicyclic) bond motifs is 1. The molecule has 4 aromatic rings. The van der Waals surface area contributed by atoms with E-state index in [9.17, 15) is 24.8 Å². The summed E-state index contributed by atoms with van der Waals surface area (Å²) in [6.45, 7) is 2.80. The molecule has 1 saturated heterocycles. The summed E-state index contributed by atoms with van der Waals surface area (Å²) < 4.78 is 15.3. The first-order chi connectivity index (χ1) is 18.8. The number of piperazine rings is 1. The number of aliphatic hydroxyl groups is 1. The van der Waals surface area contributed by atoms with Gasteiger partial charge in [-0.15, -0.1) is 0 Å².